The summed E-state index contributed by atoms with van der Waals surface area (Å²) in [6.45, 7) is 6.73. The Bertz CT molecular complexity index is 1050. The zero-order valence-corrected chi connectivity index (χ0v) is 16.9. The van der Waals surface area contributed by atoms with Crippen LogP contribution in [0.2, 0.25) is 5.02 Å². The van der Waals surface area contributed by atoms with E-state index in [1.807, 2.05) is 25.3 Å². The van der Waals surface area contributed by atoms with Crippen LogP contribution in [-0.2, 0) is 16.6 Å². The Morgan fingerprint density at radius 2 is 1.81 bits per heavy atom. The maximum Gasteiger partial charge on any atom is 0.261 e. The maximum absolute atomic E-state index is 12.8. The highest BCUT2D eigenvalue weighted by Gasteiger charge is 2.21. The van der Waals surface area contributed by atoms with Gasteiger partial charge in [0.2, 0.25) is 0 Å². The summed E-state index contributed by atoms with van der Waals surface area (Å²) in [5, 5.41) is 9.07. The van der Waals surface area contributed by atoms with Crippen molar-refractivity contribution >= 4 is 27.3 Å². The Labute approximate surface area is 164 Å². The molecule has 0 atom stereocenters. The van der Waals surface area contributed by atoms with E-state index in [-0.39, 0.29) is 10.8 Å². The molecule has 0 amide bonds. The molecule has 3 aromatic rings. The number of halogens is 1. The van der Waals surface area contributed by atoms with Gasteiger partial charge in [-0.05, 0) is 37.3 Å². The van der Waals surface area contributed by atoms with Crippen molar-refractivity contribution in [2.24, 2.45) is 0 Å². The molecule has 1 heterocycles. The number of hydrogen-bond acceptors (Lipinski definition) is 4. The van der Waals surface area contributed by atoms with Crippen molar-refractivity contribution in [1.29, 1.82) is 0 Å². The van der Waals surface area contributed by atoms with Crippen LogP contribution in [0.15, 0.2) is 53.4 Å². The highest BCUT2D eigenvalue weighted by molar-refractivity contribution is 7.92. The number of anilines is 1. The summed E-state index contributed by atoms with van der Waals surface area (Å²) in [5.74, 6) is 1.61. The summed E-state index contributed by atoms with van der Waals surface area (Å²) in [5.41, 5.74) is 0.990. The van der Waals surface area contributed by atoms with Gasteiger partial charge in [-0.25, -0.2) is 8.42 Å². The van der Waals surface area contributed by atoms with Gasteiger partial charge in [-0.15, -0.1) is 10.2 Å². The van der Waals surface area contributed by atoms with Crippen LogP contribution in [0, 0.1) is 0 Å². The fraction of sp³-hybridized carbons (Fsp3) is 0.263. The molecule has 0 saturated heterocycles. The lowest BCUT2D eigenvalue weighted by molar-refractivity contribution is 0.601. The van der Waals surface area contributed by atoms with Gasteiger partial charge in [0, 0.05) is 23.0 Å². The molecule has 6 nitrogen and oxygen atoms in total. The normalized spacial score (nSPS) is 11.7. The first-order valence-electron chi connectivity index (χ1n) is 8.64. The third-order valence-corrected chi connectivity index (χ3v) is 5.75. The predicted octanol–water partition coefficient (Wildman–Crippen LogP) is 4.54. The molecule has 0 bridgehead atoms. The molecule has 0 aliphatic heterocycles. The van der Waals surface area contributed by atoms with Crippen LogP contribution in [0.1, 0.15) is 32.5 Å². The Hall–Kier alpha value is -2.38. The van der Waals surface area contributed by atoms with E-state index in [1.165, 1.54) is 0 Å². The van der Waals surface area contributed by atoms with Gasteiger partial charge in [0.05, 0.1) is 10.6 Å². The van der Waals surface area contributed by atoms with Crippen molar-refractivity contribution in [2.45, 2.75) is 38.1 Å². The van der Waals surface area contributed by atoms with Gasteiger partial charge in [0.15, 0.2) is 5.82 Å². The van der Waals surface area contributed by atoms with Crippen molar-refractivity contribution in [1.82, 2.24) is 14.8 Å². The van der Waals surface area contributed by atoms with Gasteiger partial charge in [-0.2, -0.15) is 0 Å². The Morgan fingerprint density at radius 1 is 1.11 bits per heavy atom. The zero-order valence-electron chi connectivity index (χ0n) is 15.3. The fourth-order valence-electron chi connectivity index (χ4n) is 2.85. The molecule has 0 fully saturated rings. The first kappa shape index (κ1) is 19.4. The predicted molar refractivity (Wildman–Crippen MR) is 107 cm³/mol. The monoisotopic (exact) mass is 404 g/mol. The Balaban J connectivity index is 2.10. The van der Waals surface area contributed by atoms with Crippen LogP contribution < -0.4 is 4.72 Å². The fourth-order valence-corrected chi connectivity index (χ4v) is 4.12. The summed E-state index contributed by atoms with van der Waals surface area (Å²) >= 11 is 6.19. The van der Waals surface area contributed by atoms with Crippen LogP contribution in [0.4, 0.5) is 5.69 Å². The molecule has 0 saturated carbocycles. The number of nitrogens with one attached hydrogen (secondary N) is 1. The van der Waals surface area contributed by atoms with E-state index < -0.39 is 10.0 Å². The van der Waals surface area contributed by atoms with E-state index in [0.717, 1.165) is 5.82 Å². The SMILES string of the molecule is CCn1c(-c2cc(Cl)ccc2NS(=O)(=O)c2ccccc2)nnc1C(C)C. The Morgan fingerprint density at radius 3 is 2.44 bits per heavy atom. The minimum atomic E-state index is -3.74. The van der Waals surface area contributed by atoms with Crippen LogP contribution in [0.25, 0.3) is 11.4 Å². The number of aromatic nitrogens is 3. The molecular formula is C19H21ClN4O2S. The first-order valence-corrected chi connectivity index (χ1v) is 10.5. The lowest BCUT2D eigenvalue weighted by atomic mass is 10.1. The maximum atomic E-state index is 12.8. The number of hydrogen-bond donors (Lipinski definition) is 1. The lowest BCUT2D eigenvalue weighted by Gasteiger charge is -2.15. The molecule has 0 unspecified atom stereocenters. The third-order valence-electron chi connectivity index (χ3n) is 4.13. The van der Waals surface area contributed by atoms with Gasteiger partial charge < -0.3 is 4.57 Å². The smallest absolute Gasteiger partial charge is 0.261 e. The third kappa shape index (κ3) is 3.99. The van der Waals surface area contributed by atoms with E-state index in [1.54, 1.807) is 48.5 Å². The Kier molecular flexibility index (Phi) is 5.53. The van der Waals surface area contributed by atoms with Crippen LogP contribution in [-0.4, -0.2) is 23.2 Å². The lowest BCUT2D eigenvalue weighted by Crippen LogP contribution is -2.14. The molecule has 0 aliphatic rings. The summed E-state index contributed by atoms with van der Waals surface area (Å²) in [4.78, 5) is 0.186. The van der Waals surface area contributed by atoms with Crippen molar-refractivity contribution in [3.8, 4) is 11.4 Å². The summed E-state index contributed by atoms with van der Waals surface area (Å²) in [6, 6.07) is 13.2. The quantitative estimate of drug-likeness (QED) is 0.654. The second kappa shape index (κ2) is 7.70. The summed E-state index contributed by atoms with van der Waals surface area (Å²) in [6.07, 6.45) is 0. The largest absolute Gasteiger partial charge is 0.311 e. The average Bonchev–Trinajstić information content (AvgIpc) is 3.08. The van der Waals surface area contributed by atoms with Gasteiger partial charge in [-0.1, -0.05) is 43.6 Å². The molecule has 0 radical (unpaired) electrons. The van der Waals surface area contributed by atoms with E-state index in [9.17, 15) is 8.42 Å². The van der Waals surface area contributed by atoms with Crippen molar-refractivity contribution in [3.63, 3.8) is 0 Å². The van der Waals surface area contributed by atoms with Gasteiger partial charge in [-0.3, -0.25) is 4.72 Å². The highest BCUT2D eigenvalue weighted by Crippen LogP contribution is 2.32. The van der Waals surface area contributed by atoms with Crippen molar-refractivity contribution in [3.05, 3.63) is 59.4 Å². The van der Waals surface area contributed by atoms with Crippen molar-refractivity contribution < 1.29 is 8.42 Å². The number of benzene rings is 2. The van der Waals surface area contributed by atoms with Gasteiger partial charge in [0.25, 0.3) is 10.0 Å². The van der Waals surface area contributed by atoms with E-state index >= 15 is 0 Å². The minimum absolute atomic E-state index is 0.186. The van der Waals surface area contributed by atoms with E-state index in [4.69, 9.17) is 11.6 Å². The molecule has 142 valence electrons. The molecule has 0 spiro atoms. The summed E-state index contributed by atoms with van der Waals surface area (Å²) < 4.78 is 30.1. The summed E-state index contributed by atoms with van der Waals surface area (Å²) in [7, 11) is -3.74. The van der Waals surface area contributed by atoms with E-state index in [0.29, 0.717) is 28.6 Å². The second-order valence-corrected chi connectivity index (χ2v) is 8.51. The minimum Gasteiger partial charge on any atom is -0.311 e. The zero-order chi connectivity index (χ0) is 19.6. The number of nitrogens with zero attached hydrogens (tertiary/aromatic N) is 3. The van der Waals surface area contributed by atoms with Crippen LogP contribution >= 0.6 is 11.6 Å². The number of sulfonamides is 1. The van der Waals surface area contributed by atoms with Crippen molar-refractivity contribution in [2.75, 3.05) is 4.72 Å². The molecule has 27 heavy (non-hydrogen) atoms. The highest BCUT2D eigenvalue weighted by atomic mass is 35.5. The van der Waals surface area contributed by atoms with Gasteiger partial charge in [0.1, 0.15) is 5.82 Å². The first-order chi connectivity index (χ1) is 12.8. The number of rotatable bonds is 6. The van der Waals surface area contributed by atoms with Crippen LogP contribution in [0.5, 0.6) is 0 Å². The molecular weight excluding hydrogens is 384 g/mol. The molecule has 1 N–H and O–H groups in total. The average molecular weight is 405 g/mol. The molecule has 8 heteroatoms. The molecule has 3 rings (SSSR count). The van der Waals surface area contributed by atoms with Gasteiger partial charge >= 0.3 is 0 Å². The van der Waals surface area contributed by atoms with Crippen LogP contribution in [0.3, 0.4) is 0 Å². The standard InChI is InChI=1S/C19H21ClN4O2S/c1-4-24-18(13(2)3)21-22-19(24)16-12-14(20)10-11-17(16)23-27(25,26)15-8-6-5-7-9-15/h5-13,23H,4H2,1-3H3. The molecule has 2 aromatic carbocycles. The second-order valence-electron chi connectivity index (χ2n) is 6.39. The topological polar surface area (TPSA) is 76.9 Å². The molecule has 0 aliphatic carbocycles. The van der Waals surface area contributed by atoms with E-state index in [2.05, 4.69) is 14.9 Å². The molecule has 1 aromatic heterocycles.